The number of hydrogen-bond donors (Lipinski definition) is 0. The molecule has 3 nitrogen and oxygen atoms in total. The van der Waals surface area contributed by atoms with Crippen LogP contribution in [-0.2, 0) is 9.36 Å². The van der Waals surface area contributed by atoms with Crippen molar-refractivity contribution in [1.29, 1.82) is 0 Å². The number of halogens is 1. The highest BCUT2D eigenvalue weighted by molar-refractivity contribution is 7.71. The van der Waals surface area contributed by atoms with Crippen LogP contribution in [-0.4, -0.2) is 42.1 Å². The fraction of sp³-hybridized carbons (Fsp3) is 0.417. The van der Waals surface area contributed by atoms with Crippen LogP contribution in [0.2, 0.25) is 0 Å². The Morgan fingerprint density at radius 1 is 1.24 bits per heavy atom. The molecule has 92 valence electrons. The van der Waals surface area contributed by atoms with E-state index in [4.69, 9.17) is 11.6 Å². The van der Waals surface area contributed by atoms with Crippen molar-refractivity contribution in [2.45, 2.75) is 0 Å². The average molecular weight is 272 g/mol. The van der Waals surface area contributed by atoms with Crippen LogP contribution in [0.3, 0.4) is 0 Å². The Morgan fingerprint density at radius 2 is 1.82 bits per heavy atom. The molecule has 5 heteroatoms. The molecule has 1 aromatic rings. The number of carbonyl (C=O) groups is 1. The van der Waals surface area contributed by atoms with E-state index in [2.05, 4.69) is 0 Å². The summed E-state index contributed by atoms with van der Waals surface area (Å²) in [6.07, 6.45) is 1.14. The summed E-state index contributed by atoms with van der Waals surface area (Å²) in [6, 6.07) is 9.57. The number of carbonyl (C=O) groups excluding carboxylic acids is 1. The molecule has 17 heavy (non-hydrogen) atoms. The minimum absolute atomic E-state index is 0.00956. The molecule has 1 aromatic carbocycles. The Kier molecular flexibility index (Phi) is 3.90. The first-order chi connectivity index (χ1) is 8.15. The van der Waals surface area contributed by atoms with Crippen LogP contribution in [0.4, 0.5) is 0 Å². The Labute approximate surface area is 106 Å². The lowest BCUT2D eigenvalue weighted by Gasteiger charge is -2.32. The third kappa shape index (κ3) is 2.72. The van der Waals surface area contributed by atoms with E-state index in [-0.39, 0.29) is 11.8 Å². The first kappa shape index (κ1) is 12.7. The molecule has 0 aromatic heterocycles. The SMILES string of the molecule is O=C(CCl)N1CCP(=O)(c2ccccc2)CC1. The Bertz CT molecular complexity index is 437. The van der Waals surface area contributed by atoms with Gasteiger partial charge in [0.15, 0.2) is 0 Å². The predicted molar refractivity (Wildman–Crippen MR) is 70.7 cm³/mol. The normalized spacial score (nSPS) is 19.0. The van der Waals surface area contributed by atoms with Crippen LogP contribution in [0.1, 0.15) is 0 Å². The van der Waals surface area contributed by atoms with Crippen LogP contribution < -0.4 is 5.30 Å². The molecular weight excluding hydrogens is 257 g/mol. The quantitative estimate of drug-likeness (QED) is 0.607. The molecular formula is C12H15ClNO2P. The summed E-state index contributed by atoms with van der Waals surface area (Å²) < 4.78 is 12.7. The highest BCUT2D eigenvalue weighted by Gasteiger charge is 2.31. The number of amides is 1. The predicted octanol–water partition coefficient (Wildman–Crippen LogP) is 1.76. The standard InChI is InChI=1S/C12H15ClNO2P/c13-10-12(15)14-6-8-17(16,9-7-14)11-4-2-1-3-5-11/h1-5H,6-10H2. The largest absolute Gasteiger partial charge is 0.341 e. The molecule has 1 aliphatic rings. The zero-order valence-corrected chi connectivity index (χ0v) is 11.2. The number of hydrogen-bond acceptors (Lipinski definition) is 2. The van der Waals surface area contributed by atoms with Gasteiger partial charge in [-0.05, 0) is 0 Å². The number of alkyl halides is 1. The lowest BCUT2D eigenvalue weighted by Crippen LogP contribution is -2.41. The van der Waals surface area contributed by atoms with Crippen molar-refractivity contribution in [3.8, 4) is 0 Å². The molecule has 1 fully saturated rings. The Balaban J connectivity index is 2.08. The lowest BCUT2D eigenvalue weighted by molar-refractivity contribution is -0.128. The lowest BCUT2D eigenvalue weighted by atomic mass is 10.4. The van der Waals surface area contributed by atoms with E-state index < -0.39 is 7.14 Å². The van der Waals surface area contributed by atoms with Gasteiger partial charge in [-0.3, -0.25) is 4.79 Å². The second kappa shape index (κ2) is 5.24. The maximum Gasteiger partial charge on any atom is 0.237 e. The molecule has 0 saturated carbocycles. The fourth-order valence-corrected chi connectivity index (χ4v) is 4.83. The molecule has 2 rings (SSSR count). The van der Waals surface area contributed by atoms with Crippen LogP contribution in [0.25, 0.3) is 0 Å². The number of nitrogens with zero attached hydrogens (tertiary/aromatic N) is 1. The van der Waals surface area contributed by atoms with E-state index in [1.807, 2.05) is 30.3 Å². The van der Waals surface area contributed by atoms with E-state index in [1.165, 1.54) is 0 Å². The molecule has 1 heterocycles. The fourth-order valence-electron chi connectivity index (χ4n) is 2.08. The smallest absolute Gasteiger partial charge is 0.237 e. The second-order valence-electron chi connectivity index (χ2n) is 4.19. The van der Waals surface area contributed by atoms with Crippen molar-refractivity contribution in [3.05, 3.63) is 30.3 Å². The minimum atomic E-state index is -2.29. The van der Waals surface area contributed by atoms with Gasteiger partial charge >= 0.3 is 0 Å². The van der Waals surface area contributed by atoms with Gasteiger partial charge in [0.25, 0.3) is 0 Å². The summed E-state index contributed by atoms with van der Waals surface area (Å²) in [5.74, 6) is -0.0543. The number of rotatable bonds is 2. The first-order valence-electron chi connectivity index (χ1n) is 5.63. The zero-order chi connectivity index (χ0) is 12.3. The molecule has 0 bridgehead atoms. The highest BCUT2D eigenvalue weighted by atomic mass is 35.5. The molecule has 0 N–H and O–H groups in total. The summed E-state index contributed by atoms with van der Waals surface area (Å²) >= 11 is 5.51. The van der Waals surface area contributed by atoms with E-state index in [0.29, 0.717) is 25.4 Å². The summed E-state index contributed by atoms with van der Waals surface area (Å²) in [5, 5.41) is 0.929. The van der Waals surface area contributed by atoms with Gasteiger partial charge in [-0.15, -0.1) is 11.6 Å². The summed E-state index contributed by atoms with van der Waals surface area (Å²) in [6.45, 7) is 1.11. The third-order valence-electron chi connectivity index (χ3n) is 3.16. The van der Waals surface area contributed by atoms with Crippen molar-refractivity contribution >= 4 is 30.0 Å². The molecule has 1 amide bonds. The van der Waals surface area contributed by atoms with E-state index in [1.54, 1.807) is 4.90 Å². The van der Waals surface area contributed by atoms with Gasteiger partial charge < -0.3 is 9.46 Å². The van der Waals surface area contributed by atoms with E-state index >= 15 is 0 Å². The van der Waals surface area contributed by atoms with Crippen molar-refractivity contribution in [1.82, 2.24) is 4.90 Å². The van der Waals surface area contributed by atoms with E-state index in [0.717, 1.165) is 5.30 Å². The maximum absolute atomic E-state index is 12.7. The summed E-state index contributed by atoms with van der Waals surface area (Å²) in [4.78, 5) is 13.1. The molecule has 1 saturated heterocycles. The molecule has 0 spiro atoms. The highest BCUT2D eigenvalue weighted by Crippen LogP contribution is 2.46. The van der Waals surface area contributed by atoms with Crippen molar-refractivity contribution in [2.75, 3.05) is 31.3 Å². The Morgan fingerprint density at radius 3 is 2.35 bits per heavy atom. The van der Waals surface area contributed by atoms with Crippen LogP contribution >= 0.6 is 18.7 Å². The average Bonchev–Trinajstić information content (AvgIpc) is 2.40. The number of benzene rings is 1. The topological polar surface area (TPSA) is 37.4 Å². The molecule has 0 aliphatic carbocycles. The third-order valence-corrected chi connectivity index (χ3v) is 6.47. The van der Waals surface area contributed by atoms with Gasteiger partial charge in [-0.25, -0.2) is 0 Å². The van der Waals surface area contributed by atoms with Crippen LogP contribution in [0.15, 0.2) is 30.3 Å². The maximum atomic E-state index is 12.7. The Hall–Kier alpha value is -0.790. The van der Waals surface area contributed by atoms with Gasteiger partial charge in [0.05, 0.1) is 0 Å². The van der Waals surface area contributed by atoms with E-state index in [9.17, 15) is 9.36 Å². The zero-order valence-electron chi connectivity index (χ0n) is 9.51. The van der Waals surface area contributed by atoms with Crippen molar-refractivity contribution in [3.63, 3.8) is 0 Å². The van der Waals surface area contributed by atoms with Gasteiger partial charge in [-0.1, -0.05) is 30.3 Å². The van der Waals surface area contributed by atoms with Gasteiger partial charge in [0, 0.05) is 30.7 Å². The first-order valence-corrected chi connectivity index (χ1v) is 8.24. The van der Waals surface area contributed by atoms with Gasteiger partial charge in [-0.2, -0.15) is 0 Å². The summed E-state index contributed by atoms with van der Waals surface area (Å²) in [5.41, 5.74) is 0. The van der Waals surface area contributed by atoms with Crippen molar-refractivity contribution in [2.24, 2.45) is 0 Å². The van der Waals surface area contributed by atoms with Crippen molar-refractivity contribution < 1.29 is 9.36 Å². The minimum Gasteiger partial charge on any atom is -0.341 e. The molecule has 0 atom stereocenters. The van der Waals surface area contributed by atoms with Crippen LogP contribution in [0, 0.1) is 0 Å². The molecule has 0 unspecified atom stereocenters. The monoisotopic (exact) mass is 271 g/mol. The van der Waals surface area contributed by atoms with Crippen LogP contribution in [0.5, 0.6) is 0 Å². The second-order valence-corrected chi connectivity index (χ2v) is 7.64. The summed E-state index contributed by atoms with van der Waals surface area (Å²) in [7, 11) is -2.29. The molecule has 1 aliphatic heterocycles. The van der Waals surface area contributed by atoms with Gasteiger partial charge in [0.2, 0.25) is 5.91 Å². The van der Waals surface area contributed by atoms with Gasteiger partial charge in [0.1, 0.15) is 13.0 Å². The molecule has 0 radical (unpaired) electrons.